The predicted molar refractivity (Wildman–Crippen MR) is 100 cm³/mol. The molecule has 0 fully saturated rings. The molecule has 2 heterocycles. The molecule has 1 aromatic carbocycles. The van der Waals surface area contributed by atoms with Crippen LogP contribution in [0.3, 0.4) is 0 Å². The van der Waals surface area contributed by atoms with Crippen molar-refractivity contribution in [3.05, 3.63) is 62.4 Å². The van der Waals surface area contributed by atoms with Gasteiger partial charge in [0.25, 0.3) is 0 Å². The minimum absolute atomic E-state index is 0.230. The third-order valence-corrected chi connectivity index (χ3v) is 4.53. The molecule has 0 saturated heterocycles. The summed E-state index contributed by atoms with van der Waals surface area (Å²) >= 11 is 24.7. The first kappa shape index (κ1) is 17.4. The van der Waals surface area contributed by atoms with Gasteiger partial charge in [-0.15, -0.1) is 5.10 Å². The number of pyridine rings is 1. The van der Waals surface area contributed by atoms with Crippen LogP contribution in [0, 0.1) is 0 Å². The molecule has 3 nitrogen and oxygen atoms in total. The molecule has 122 valence electrons. The van der Waals surface area contributed by atoms with E-state index in [-0.39, 0.29) is 5.15 Å². The molecule has 0 atom stereocenters. The van der Waals surface area contributed by atoms with Crippen LogP contribution < -0.4 is 0 Å². The third kappa shape index (κ3) is 3.35. The maximum atomic E-state index is 6.35. The van der Waals surface area contributed by atoms with Gasteiger partial charge in [0.05, 0.1) is 27.0 Å². The number of nitrogens with zero attached hydrogens (tertiary/aromatic N) is 3. The smallest absolute Gasteiger partial charge is 0.161 e. The van der Waals surface area contributed by atoms with Crippen molar-refractivity contribution in [2.75, 3.05) is 0 Å². The first-order chi connectivity index (χ1) is 11.5. The fourth-order valence-corrected chi connectivity index (χ4v) is 3.26. The molecule has 0 aliphatic carbocycles. The molecule has 3 aromatic rings. The Morgan fingerprint density at radius 3 is 2.21 bits per heavy atom. The molecular formula is C17H11Cl4N3. The lowest BCUT2D eigenvalue weighted by molar-refractivity contribution is 0.923. The number of benzene rings is 1. The van der Waals surface area contributed by atoms with E-state index in [9.17, 15) is 0 Å². The summed E-state index contributed by atoms with van der Waals surface area (Å²) in [5.74, 6) is 0. The molecule has 0 saturated carbocycles. The van der Waals surface area contributed by atoms with Gasteiger partial charge in [0.2, 0.25) is 0 Å². The van der Waals surface area contributed by atoms with Crippen molar-refractivity contribution < 1.29 is 0 Å². The van der Waals surface area contributed by atoms with Crippen molar-refractivity contribution in [1.29, 1.82) is 0 Å². The second-order valence-corrected chi connectivity index (χ2v) is 6.67. The Balaban J connectivity index is 2.34. The number of aromatic nitrogens is 3. The fraction of sp³-hybridized carbons (Fsp3) is 0.118. The molecule has 3 rings (SSSR count). The monoisotopic (exact) mass is 397 g/mol. The van der Waals surface area contributed by atoms with Gasteiger partial charge in [0.1, 0.15) is 0 Å². The molecule has 0 aliphatic heterocycles. The van der Waals surface area contributed by atoms with Crippen LogP contribution in [0.1, 0.15) is 12.6 Å². The highest BCUT2D eigenvalue weighted by molar-refractivity contribution is 6.38. The molecule has 0 aliphatic rings. The van der Waals surface area contributed by atoms with Gasteiger partial charge >= 0.3 is 0 Å². The molecule has 0 unspecified atom stereocenters. The molecule has 0 amide bonds. The van der Waals surface area contributed by atoms with Crippen LogP contribution in [0.4, 0.5) is 0 Å². The Hall–Kier alpha value is -1.39. The van der Waals surface area contributed by atoms with Gasteiger partial charge in [0, 0.05) is 16.8 Å². The van der Waals surface area contributed by atoms with E-state index in [1.807, 2.05) is 31.2 Å². The fourth-order valence-electron chi connectivity index (χ4n) is 2.44. The second-order valence-electron chi connectivity index (χ2n) is 5.03. The number of hydrogen-bond donors (Lipinski definition) is 0. The van der Waals surface area contributed by atoms with E-state index >= 15 is 0 Å². The summed E-state index contributed by atoms with van der Waals surface area (Å²) in [7, 11) is 0. The highest BCUT2D eigenvalue weighted by Gasteiger charge is 2.21. The highest BCUT2D eigenvalue weighted by atomic mass is 35.5. The van der Waals surface area contributed by atoms with Gasteiger partial charge in [-0.3, -0.25) is 4.98 Å². The van der Waals surface area contributed by atoms with Crippen molar-refractivity contribution in [2.24, 2.45) is 0 Å². The molecule has 0 N–H and O–H groups in total. The maximum absolute atomic E-state index is 6.35. The summed E-state index contributed by atoms with van der Waals surface area (Å²) in [6.45, 7) is 2.00. The van der Waals surface area contributed by atoms with Crippen LogP contribution in [0.25, 0.3) is 22.4 Å². The quantitative estimate of drug-likeness (QED) is 0.513. The minimum atomic E-state index is 0.230. The Kier molecular flexibility index (Phi) is 5.26. The van der Waals surface area contributed by atoms with Gasteiger partial charge < -0.3 is 0 Å². The third-order valence-electron chi connectivity index (χ3n) is 3.52. The molecule has 7 heteroatoms. The first-order valence-corrected chi connectivity index (χ1v) is 8.64. The first-order valence-electron chi connectivity index (χ1n) is 7.13. The predicted octanol–water partition coefficient (Wildman–Crippen LogP) is 6.38. The number of hydrogen-bond acceptors (Lipinski definition) is 3. The highest BCUT2D eigenvalue weighted by Crippen LogP contribution is 2.40. The average molecular weight is 399 g/mol. The Labute approximate surface area is 159 Å². The Bertz CT molecular complexity index is 895. The summed E-state index contributed by atoms with van der Waals surface area (Å²) in [4.78, 5) is 4.35. The van der Waals surface area contributed by atoms with E-state index in [1.54, 1.807) is 6.07 Å². The number of rotatable bonds is 3. The molecular weight excluding hydrogens is 388 g/mol. The molecule has 0 bridgehead atoms. The van der Waals surface area contributed by atoms with E-state index in [0.717, 1.165) is 16.8 Å². The van der Waals surface area contributed by atoms with Crippen LogP contribution in [-0.4, -0.2) is 15.2 Å². The molecule has 24 heavy (non-hydrogen) atoms. The van der Waals surface area contributed by atoms with Crippen molar-refractivity contribution in [3.63, 3.8) is 0 Å². The van der Waals surface area contributed by atoms with Crippen molar-refractivity contribution in [2.45, 2.75) is 13.3 Å². The molecule has 0 spiro atoms. The van der Waals surface area contributed by atoms with E-state index < -0.39 is 0 Å². The van der Waals surface area contributed by atoms with Gasteiger partial charge in [-0.05, 0) is 30.2 Å². The zero-order valence-corrected chi connectivity index (χ0v) is 15.5. The van der Waals surface area contributed by atoms with E-state index in [4.69, 9.17) is 46.4 Å². The van der Waals surface area contributed by atoms with Gasteiger partial charge in [-0.25, -0.2) is 0 Å². The zero-order valence-electron chi connectivity index (χ0n) is 12.5. The Morgan fingerprint density at radius 2 is 1.58 bits per heavy atom. The lowest BCUT2D eigenvalue weighted by Crippen LogP contribution is -2.01. The lowest BCUT2D eigenvalue weighted by Gasteiger charge is -2.15. The van der Waals surface area contributed by atoms with Crippen molar-refractivity contribution in [1.82, 2.24) is 15.2 Å². The second kappa shape index (κ2) is 7.24. The SMILES string of the molecule is CCc1nnc(Cl)c(-c2ncc(Cl)cc2Cl)c1-c1ccc(Cl)cc1. The maximum Gasteiger partial charge on any atom is 0.161 e. The van der Waals surface area contributed by atoms with Crippen LogP contribution >= 0.6 is 46.4 Å². The van der Waals surface area contributed by atoms with Gasteiger partial charge in [-0.1, -0.05) is 65.5 Å². The summed E-state index contributed by atoms with van der Waals surface area (Å²) in [5.41, 5.74) is 3.69. The average Bonchev–Trinajstić information content (AvgIpc) is 2.56. The number of aryl methyl sites for hydroxylation is 1. The van der Waals surface area contributed by atoms with Gasteiger partial charge in [0.15, 0.2) is 5.15 Å². The Morgan fingerprint density at radius 1 is 0.875 bits per heavy atom. The van der Waals surface area contributed by atoms with E-state index in [2.05, 4.69) is 15.2 Å². The summed E-state index contributed by atoms with van der Waals surface area (Å²) in [6.07, 6.45) is 2.21. The molecule has 0 radical (unpaired) electrons. The topological polar surface area (TPSA) is 38.7 Å². The largest absolute Gasteiger partial charge is 0.253 e. The standard InChI is InChI=1S/C17H11Cl4N3/c1-2-13-14(9-3-5-10(18)6-4-9)15(17(21)24-23-13)16-12(20)7-11(19)8-22-16/h3-8H,2H2,1H3. The molecule has 2 aromatic heterocycles. The van der Waals surface area contributed by atoms with Crippen LogP contribution in [-0.2, 0) is 6.42 Å². The van der Waals surface area contributed by atoms with Crippen molar-refractivity contribution in [3.8, 4) is 22.4 Å². The van der Waals surface area contributed by atoms with Crippen molar-refractivity contribution >= 4 is 46.4 Å². The van der Waals surface area contributed by atoms with Gasteiger partial charge in [-0.2, -0.15) is 5.10 Å². The minimum Gasteiger partial charge on any atom is -0.253 e. The summed E-state index contributed by atoms with van der Waals surface area (Å²) < 4.78 is 0. The summed E-state index contributed by atoms with van der Waals surface area (Å²) in [5, 5.41) is 9.99. The lowest BCUT2D eigenvalue weighted by atomic mass is 9.96. The summed E-state index contributed by atoms with van der Waals surface area (Å²) in [6, 6.07) is 9.06. The zero-order chi connectivity index (χ0) is 17.3. The van der Waals surface area contributed by atoms with E-state index in [1.165, 1.54) is 6.20 Å². The number of halogens is 4. The van der Waals surface area contributed by atoms with Crippen LogP contribution in [0.15, 0.2) is 36.5 Å². The van der Waals surface area contributed by atoms with Crippen LogP contribution in [0.5, 0.6) is 0 Å². The van der Waals surface area contributed by atoms with Crippen LogP contribution in [0.2, 0.25) is 20.2 Å². The van der Waals surface area contributed by atoms with E-state index in [0.29, 0.717) is 32.7 Å². The normalized spacial score (nSPS) is 10.9.